The number of rotatable bonds is 5. The summed E-state index contributed by atoms with van der Waals surface area (Å²) in [6.07, 6.45) is 0.192. The lowest BCUT2D eigenvalue weighted by Crippen LogP contribution is -2.21. The van der Waals surface area contributed by atoms with E-state index < -0.39 is 17.9 Å². The van der Waals surface area contributed by atoms with Gasteiger partial charge < -0.3 is 9.88 Å². The van der Waals surface area contributed by atoms with Crippen LogP contribution in [0.4, 0.5) is 29.2 Å². The van der Waals surface area contributed by atoms with Crippen molar-refractivity contribution in [3.8, 4) is 11.8 Å². The third-order valence-electron chi connectivity index (χ3n) is 5.15. The number of nitriles is 1. The number of hydrogen-bond acceptors (Lipinski definition) is 6. The van der Waals surface area contributed by atoms with Gasteiger partial charge in [-0.1, -0.05) is 6.07 Å². The molecule has 32 heavy (non-hydrogen) atoms. The highest BCUT2D eigenvalue weighted by Gasteiger charge is 2.35. The number of halogens is 4. The van der Waals surface area contributed by atoms with Gasteiger partial charge in [-0.25, -0.2) is 19.3 Å². The van der Waals surface area contributed by atoms with E-state index in [4.69, 9.17) is 5.26 Å². The molecule has 0 unspecified atom stereocenters. The van der Waals surface area contributed by atoms with E-state index in [0.717, 1.165) is 6.07 Å². The second kappa shape index (κ2) is 8.55. The molecule has 0 amide bonds. The number of aromatic nitrogens is 4. The summed E-state index contributed by atoms with van der Waals surface area (Å²) in [4.78, 5) is 13.8. The van der Waals surface area contributed by atoms with E-state index in [1.807, 2.05) is 11.0 Å². The smallest absolute Gasteiger partial charge is 0.322 e. The molecule has 1 aliphatic heterocycles. The second-order valence-corrected chi connectivity index (χ2v) is 7.62. The van der Waals surface area contributed by atoms with Gasteiger partial charge in [-0.05, 0) is 30.5 Å². The summed E-state index contributed by atoms with van der Waals surface area (Å²) in [7, 11) is 0. The summed E-state index contributed by atoms with van der Waals surface area (Å²) in [5.41, 5.74) is 0.234. The molecule has 3 heterocycles. The maximum atomic E-state index is 13.9. The standard InChI is InChI=1S/C21H19F4N7/c1-13-4-14(9-31-3-2-15(22)10-31)5-17(21(23,24)25)20(13)32-11-19(29-12-32)30-18-8-27-16(6-26)7-28-18/h4-5,7-8,11-12,15H,2-3,9-10H2,1H3,(H,28,30)/t15-/m1/s1. The molecule has 0 aliphatic carbocycles. The summed E-state index contributed by atoms with van der Waals surface area (Å²) in [5, 5.41) is 11.6. The SMILES string of the molecule is Cc1cc(CN2CC[C@@H](F)C2)cc(C(F)(F)F)c1-n1cnc(Nc2cnc(C#N)cn2)c1. The van der Waals surface area contributed by atoms with Crippen LogP contribution in [0.5, 0.6) is 0 Å². The Balaban J connectivity index is 1.63. The number of anilines is 2. The van der Waals surface area contributed by atoms with Crippen molar-refractivity contribution in [2.24, 2.45) is 0 Å². The number of imidazole rings is 1. The van der Waals surface area contributed by atoms with Gasteiger partial charge >= 0.3 is 6.18 Å². The first-order valence-electron chi connectivity index (χ1n) is 9.83. The van der Waals surface area contributed by atoms with Gasteiger partial charge in [0.1, 0.15) is 30.2 Å². The first kappa shape index (κ1) is 21.7. The Hall–Kier alpha value is -3.52. The molecule has 0 saturated carbocycles. The van der Waals surface area contributed by atoms with Crippen molar-refractivity contribution in [1.29, 1.82) is 5.26 Å². The van der Waals surface area contributed by atoms with Crippen molar-refractivity contribution in [3.05, 3.63) is 59.4 Å². The van der Waals surface area contributed by atoms with Crippen LogP contribution in [0.3, 0.4) is 0 Å². The Morgan fingerprint density at radius 3 is 2.62 bits per heavy atom. The maximum absolute atomic E-state index is 13.9. The summed E-state index contributed by atoms with van der Waals surface area (Å²) in [6, 6.07) is 4.66. The molecule has 0 radical (unpaired) electrons. The highest BCUT2D eigenvalue weighted by molar-refractivity contribution is 5.55. The Morgan fingerprint density at radius 2 is 2.00 bits per heavy atom. The zero-order chi connectivity index (χ0) is 22.9. The zero-order valence-electron chi connectivity index (χ0n) is 17.1. The van der Waals surface area contributed by atoms with Gasteiger partial charge in [0.2, 0.25) is 0 Å². The highest BCUT2D eigenvalue weighted by Crippen LogP contribution is 2.37. The average Bonchev–Trinajstić information content (AvgIpc) is 3.36. The Bertz CT molecular complexity index is 1150. The van der Waals surface area contributed by atoms with E-state index in [0.29, 0.717) is 29.9 Å². The fourth-order valence-corrected chi connectivity index (χ4v) is 3.78. The summed E-state index contributed by atoms with van der Waals surface area (Å²) in [6.45, 7) is 2.63. The van der Waals surface area contributed by atoms with Crippen LogP contribution in [0, 0.1) is 18.3 Å². The van der Waals surface area contributed by atoms with Crippen LogP contribution in [0.1, 0.15) is 28.8 Å². The van der Waals surface area contributed by atoms with Crippen LogP contribution in [0.2, 0.25) is 0 Å². The lowest BCUT2D eigenvalue weighted by Gasteiger charge is -2.20. The molecule has 4 rings (SSSR count). The molecule has 1 aliphatic rings. The van der Waals surface area contributed by atoms with E-state index in [1.54, 1.807) is 13.0 Å². The number of benzene rings is 1. The van der Waals surface area contributed by atoms with Crippen LogP contribution in [0.25, 0.3) is 5.69 Å². The lowest BCUT2D eigenvalue weighted by molar-refractivity contribution is -0.137. The maximum Gasteiger partial charge on any atom is 0.418 e. The molecule has 1 fully saturated rings. The third-order valence-corrected chi connectivity index (χ3v) is 5.15. The van der Waals surface area contributed by atoms with Gasteiger partial charge in [-0.3, -0.25) is 4.90 Å². The number of aryl methyl sites for hydroxylation is 1. The normalized spacial score (nSPS) is 16.8. The Morgan fingerprint density at radius 1 is 1.19 bits per heavy atom. The molecule has 1 atom stereocenters. The van der Waals surface area contributed by atoms with Crippen molar-refractivity contribution in [3.63, 3.8) is 0 Å². The molecule has 2 aromatic heterocycles. The van der Waals surface area contributed by atoms with Gasteiger partial charge in [-0.2, -0.15) is 18.4 Å². The number of nitrogens with zero attached hydrogens (tertiary/aromatic N) is 6. The Kier molecular flexibility index (Phi) is 5.80. The summed E-state index contributed by atoms with van der Waals surface area (Å²) >= 11 is 0. The molecule has 1 aromatic carbocycles. The molecule has 1 N–H and O–H groups in total. The van der Waals surface area contributed by atoms with E-state index in [-0.39, 0.29) is 30.3 Å². The average molecular weight is 445 g/mol. The molecule has 0 bridgehead atoms. The molecule has 11 heteroatoms. The minimum absolute atomic E-state index is 0.0301. The van der Waals surface area contributed by atoms with Gasteiger partial charge in [0.25, 0.3) is 0 Å². The fraction of sp³-hybridized carbons (Fsp3) is 0.333. The Labute approximate surface area is 181 Å². The number of hydrogen-bond donors (Lipinski definition) is 1. The monoisotopic (exact) mass is 445 g/mol. The van der Waals surface area contributed by atoms with Crippen LogP contribution in [-0.2, 0) is 12.7 Å². The molecule has 3 aromatic rings. The second-order valence-electron chi connectivity index (χ2n) is 7.62. The van der Waals surface area contributed by atoms with Crippen LogP contribution >= 0.6 is 0 Å². The largest absolute Gasteiger partial charge is 0.418 e. The van der Waals surface area contributed by atoms with Gasteiger partial charge in [-0.15, -0.1) is 0 Å². The molecule has 1 saturated heterocycles. The lowest BCUT2D eigenvalue weighted by atomic mass is 10.0. The molecular formula is C21H19F4N7. The predicted molar refractivity (Wildman–Crippen MR) is 108 cm³/mol. The molecular weight excluding hydrogens is 426 g/mol. The van der Waals surface area contributed by atoms with Crippen molar-refractivity contribution in [2.75, 3.05) is 18.4 Å². The van der Waals surface area contributed by atoms with Crippen molar-refractivity contribution >= 4 is 11.6 Å². The van der Waals surface area contributed by atoms with Crippen LogP contribution < -0.4 is 5.32 Å². The van der Waals surface area contributed by atoms with Crippen molar-refractivity contribution in [1.82, 2.24) is 24.4 Å². The van der Waals surface area contributed by atoms with E-state index in [9.17, 15) is 17.6 Å². The van der Waals surface area contributed by atoms with E-state index >= 15 is 0 Å². The molecule has 166 valence electrons. The molecule has 7 nitrogen and oxygen atoms in total. The quantitative estimate of drug-likeness (QED) is 0.595. The zero-order valence-corrected chi connectivity index (χ0v) is 17.1. The minimum Gasteiger partial charge on any atom is -0.322 e. The summed E-state index contributed by atoms with van der Waals surface area (Å²) < 4.78 is 56.5. The van der Waals surface area contributed by atoms with E-state index in [1.165, 1.54) is 29.5 Å². The summed E-state index contributed by atoms with van der Waals surface area (Å²) in [5.74, 6) is 0.570. The number of alkyl halides is 4. The third kappa shape index (κ3) is 4.70. The van der Waals surface area contributed by atoms with Gasteiger partial charge in [0, 0.05) is 19.6 Å². The minimum atomic E-state index is -4.58. The number of nitrogens with one attached hydrogen (secondary N) is 1. The first-order chi connectivity index (χ1) is 15.2. The van der Waals surface area contributed by atoms with Gasteiger partial charge in [0.05, 0.1) is 29.8 Å². The highest BCUT2D eigenvalue weighted by atomic mass is 19.4. The van der Waals surface area contributed by atoms with Crippen LogP contribution in [-0.4, -0.2) is 43.7 Å². The van der Waals surface area contributed by atoms with Gasteiger partial charge in [0.15, 0.2) is 5.69 Å². The first-order valence-corrected chi connectivity index (χ1v) is 9.83. The molecule has 0 spiro atoms. The number of likely N-dealkylation sites (tertiary alicyclic amines) is 1. The van der Waals surface area contributed by atoms with E-state index in [2.05, 4.69) is 20.3 Å². The fourth-order valence-electron chi connectivity index (χ4n) is 3.78. The van der Waals surface area contributed by atoms with Crippen LogP contribution in [0.15, 0.2) is 37.1 Å². The van der Waals surface area contributed by atoms with Crippen molar-refractivity contribution in [2.45, 2.75) is 32.2 Å². The topological polar surface area (TPSA) is 82.7 Å². The van der Waals surface area contributed by atoms with Crippen molar-refractivity contribution < 1.29 is 17.6 Å². The predicted octanol–water partition coefficient (Wildman–Crippen LogP) is 4.15.